The summed E-state index contributed by atoms with van der Waals surface area (Å²) in [5.41, 5.74) is 0. The maximum atomic E-state index is 11.3. The third-order valence-electron chi connectivity index (χ3n) is 2.49. The minimum atomic E-state index is 0.0745. The van der Waals surface area contributed by atoms with Crippen LogP contribution in [-0.2, 0) is 11.3 Å². The zero-order chi connectivity index (χ0) is 11.2. The van der Waals surface area contributed by atoms with Crippen LogP contribution in [0.2, 0.25) is 0 Å². The Balaban J connectivity index is 1.48. The molecule has 1 heterocycles. The molecule has 0 aliphatic heterocycles. The van der Waals surface area contributed by atoms with E-state index in [2.05, 4.69) is 20.9 Å². The Morgan fingerprint density at radius 2 is 2.38 bits per heavy atom. The molecule has 6 heteroatoms. The smallest absolute Gasteiger partial charge is 0.233 e. The van der Waals surface area contributed by atoms with Gasteiger partial charge in [-0.3, -0.25) is 9.48 Å². The van der Waals surface area contributed by atoms with Gasteiger partial charge < -0.3 is 10.6 Å². The molecule has 1 aromatic heterocycles. The number of aryl methyl sites for hydroxylation is 1. The van der Waals surface area contributed by atoms with E-state index in [1.165, 1.54) is 12.8 Å². The zero-order valence-electron chi connectivity index (χ0n) is 9.22. The van der Waals surface area contributed by atoms with Gasteiger partial charge in [0.05, 0.1) is 12.7 Å². The molecule has 2 rings (SSSR count). The van der Waals surface area contributed by atoms with Crippen molar-refractivity contribution in [2.24, 2.45) is 0 Å². The quantitative estimate of drug-likeness (QED) is 0.613. The van der Waals surface area contributed by atoms with E-state index >= 15 is 0 Å². The fourth-order valence-corrected chi connectivity index (χ4v) is 1.41. The van der Waals surface area contributed by atoms with Gasteiger partial charge in [-0.05, 0) is 19.3 Å². The van der Waals surface area contributed by atoms with Gasteiger partial charge in [0.1, 0.15) is 0 Å². The van der Waals surface area contributed by atoms with E-state index in [0.717, 1.165) is 13.0 Å². The summed E-state index contributed by atoms with van der Waals surface area (Å²) in [6, 6.07) is 0.584. The lowest BCUT2D eigenvalue weighted by Crippen LogP contribution is -2.35. The second-order valence-electron chi connectivity index (χ2n) is 4.02. The molecule has 1 saturated carbocycles. The second-order valence-corrected chi connectivity index (χ2v) is 4.02. The number of nitrogens with zero attached hydrogens (tertiary/aromatic N) is 3. The summed E-state index contributed by atoms with van der Waals surface area (Å²) in [5, 5.41) is 13.6. The molecule has 0 saturated heterocycles. The van der Waals surface area contributed by atoms with E-state index in [-0.39, 0.29) is 5.91 Å². The number of carbonyl (C=O) groups excluding carboxylic acids is 1. The van der Waals surface area contributed by atoms with Gasteiger partial charge in [-0.25, -0.2) is 0 Å². The Bertz CT molecular complexity index is 320. The molecule has 0 unspecified atom stereocenters. The van der Waals surface area contributed by atoms with Crippen LogP contribution in [0, 0.1) is 0 Å². The van der Waals surface area contributed by atoms with E-state index < -0.39 is 0 Å². The largest absolute Gasteiger partial charge is 0.355 e. The van der Waals surface area contributed by atoms with Gasteiger partial charge in [0, 0.05) is 25.3 Å². The van der Waals surface area contributed by atoms with E-state index in [1.54, 1.807) is 10.9 Å². The number of hydrogen-bond acceptors (Lipinski definition) is 4. The van der Waals surface area contributed by atoms with Crippen molar-refractivity contribution in [3.8, 4) is 0 Å². The van der Waals surface area contributed by atoms with Gasteiger partial charge in [0.2, 0.25) is 5.91 Å². The van der Waals surface area contributed by atoms with Gasteiger partial charge in [-0.15, -0.1) is 5.10 Å². The number of aromatic nitrogens is 3. The number of hydrogen-bond donors (Lipinski definition) is 2. The fourth-order valence-electron chi connectivity index (χ4n) is 1.41. The van der Waals surface area contributed by atoms with Gasteiger partial charge in [-0.2, -0.15) is 0 Å². The molecule has 6 nitrogen and oxygen atoms in total. The lowest BCUT2D eigenvalue weighted by atomic mass is 10.4. The van der Waals surface area contributed by atoms with Crippen LogP contribution in [0.4, 0.5) is 0 Å². The van der Waals surface area contributed by atoms with Crippen molar-refractivity contribution in [2.45, 2.75) is 31.8 Å². The molecule has 1 aromatic rings. The normalized spacial score (nSPS) is 15.0. The monoisotopic (exact) mass is 223 g/mol. The first-order chi connectivity index (χ1) is 7.84. The maximum Gasteiger partial charge on any atom is 0.233 e. The van der Waals surface area contributed by atoms with Crippen LogP contribution >= 0.6 is 0 Å². The van der Waals surface area contributed by atoms with Crippen molar-refractivity contribution >= 4 is 5.91 Å². The highest BCUT2D eigenvalue weighted by Crippen LogP contribution is 2.17. The van der Waals surface area contributed by atoms with Crippen LogP contribution in [0.1, 0.15) is 19.3 Å². The first kappa shape index (κ1) is 11.1. The first-order valence-electron chi connectivity index (χ1n) is 5.69. The number of carbonyl (C=O) groups is 1. The molecule has 16 heavy (non-hydrogen) atoms. The first-order valence-corrected chi connectivity index (χ1v) is 5.69. The summed E-state index contributed by atoms with van der Waals surface area (Å²) in [6.07, 6.45) is 6.76. The van der Waals surface area contributed by atoms with Crippen molar-refractivity contribution in [3.63, 3.8) is 0 Å². The maximum absolute atomic E-state index is 11.3. The van der Waals surface area contributed by atoms with E-state index in [0.29, 0.717) is 19.1 Å². The Labute approximate surface area is 94.4 Å². The van der Waals surface area contributed by atoms with Crippen molar-refractivity contribution in [3.05, 3.63) is 12.4 Å². The second kappa shape index (κ2) is 5.60. The highest BCUT2D eigenvalue weighted by molar-refractivity contribution is 5.77. The highest BCUT2D eigenvalue weighted by atomic mass is 16.1. The summed E-state index contributed by atoms with van der Waals surface area (Å²) in [6.45, 7) is 1.91. The van der Waals surface area contributed by atoms with Crippen LogP contribution in [0.5, 0.6) is 0 Å². The van der Waals surface area contributed by atoms with Crippen molar-refractivity contribution < 1.29 is 4.79 Å². The van der Waals surface area contributed by atoms with E-state index in [4.69, 9.17) is 0 Å². The van der Waals surface area contributed by atoms with Crippen LogP contribution in [-0.4, -0.2) is 40.0 Å². The average molecular weight is 223 g/mol. The molecule has 0 atom stereocenters. The molecule has 88 valence electrons. The summed E-state index contributed by atoms with van der Waals surface area (Å²) >= 11 is 0. The SMILES string of the molecule is O=C(CNC1CC1)NCCCn1ccnn1. The van der Waals surface area contributed by atoms with Crippen LogP contribution in [0.15, 0.2) is 12.4 Å². The number of nitrogens with one attached hydrogen (secondary N) is 2. The van der Waals surface area contributed by atoms with Crippen LogP contribution < -0.4 is 10.6 Å². The van der Waals surface area contributed by atoms with Gasteiger partial charge >= 0.3 is 0 Å². The average Bonchev–Trinajstić information content (AvgIpc) is 2.97. The number of rotatable bonds is 7. The van der Waals surface area contributed by atoms with Crippen molar-refractivity contribution in [2.75, 3.05) is 13.1 Å². The molecule has 1 fully saturated rings. The molecule has 0 spiro atoms. The van der Waals surface area contributed by atoms with Crippen LogP contribution in [0.3, 0.4) is 0 Å². The lowest BCUT2D eigenvalue weighted by Gasteiger charge is -2.05. The minimum Gasteiger partial charge on any atom is -0.355 e. The predicted octanol–water partition coefficient (Wildman–Crippen LogP) is -0.464. The van der Waals surface area contributed by atoms with E-state index in [1.807, 2.05) is 6.20 Å². The predicted molar refractivity (Wildman–Crippen MR) is 58.7 cm³/mol. The third-order valence-corrected chi connectivity index (χ3v) is 2.49. The number of amides is 1. The Hall–Kier alpha value is -1.43. The molecule has 1 aliphatic carbocycles. The Morgan fingerprint density at radius 3 is 3.06 bits per heavy atom. The van der Waals surface area contributed by atoms with Crippen molar-refractivity contribution in [1.82, 2.24) is 25.6 Å². The molecule has 0 aromatic carbocycles. The molecule has 0 radical (unpaired) electrons. The summed E-state index contributed by atoms with van der Waals surface area (Å²) in [4.78, 5) is 11.3. The Morgan fingerprint density at radius 1 is 1.50 bits per heavy atom. The summed E-state index contributed by atoms with van der Waals surface area (Å²) < 4.78 is 1.76. The van der Waals surface area contributed by atoms with Crippen molar-refractivity contribution in [1.29, 1.82) is 0 Å². The Kier molecular flexibility index (Phi) is 3.87. The molecular weight excluding hydrogens is 206 g/mol. The molecule has 1 aliphatic rings. The molecule has 0 bridgehead atoms. The third kappa shape index (κ3) is 3.98. The van der Waals surface area contributed by atoms with Gasteiger partial charge in [0.15, 0.2) is 0 Å². The van der Waals surface area contributed by atoms with E-state index in [9.17, 15) is 4.79 Å². The standard InChI is InChI=1S/C10H17N5O/c16-10(8-12-9-2-3-9)11-4-1-6-15-7-5-13-14-15/h5,7,9,12H,1-4,6,8H2,(H,11,16). The molecular formula is C10H17N5O. The highest BCUT2D eigenvalue weighted by Gasteiger charge is 2.20. The zero-order valence-corrected chi connectivity index (χ0v) is 9.22. The summed E-state index contributed by atoms with van der Waals surface area (Å²) in [5.74, 6) is 0.0745. The van der Waals surface area contributed by atoms with Gasteiger partial charge in [-0.1, -0.05) is 5.21 Å². The van der Waals surface area contributed by atoms with Gasteiger partial charge in [0.25, 0.3) is 0 Å². The molecule has 2 N–H and O–H groups in total. The lowest BCUT2D eigenvalue weighted by molar-refractivity contribution is -0.120. The minimum absolute atomic E-state index is 0.0745. The van der Waals surface area contributed by atoms with Crippen LogP contribution in [0.25, 0.3) is 0 Å². The molecule has 1 amide bonds. The topological polar surface area (TPSA) is 71.8 Å². The summed E-state index contributed by atoms with van der Waals surface area (Å²) in [7, 11) is 0. The fraction of sp³-hybridized carbons (Fsp3) is 0.700.